The van der Waals surface area contributed by atoms with Crippen LogP contribution in [0.5, 0.6) is 0 Å². The highest BCUT2D eigenvalue weighted by Crippen LogP contribution is 2.11. The topological polar surface area (TPSA) is 55.1 Å². The average molecular weight is 335 g/mol. The molecule has 16 heavy (non-hydrogen) atoms. The van der Waals surface area contributed by atoms with E-state index in [-0.39, 0.29) is 29.9 Å². The highest BCUT2D eigenvalue weighted by atomic mass is 127. The van der Waals surface area contributed by atoms with Crippen molar-refractivity contribution in [1.82, 2.24) is 0 Å². The zero-order valence-electron chi connectivity index (χ0n) is 9.83. The highest BCUT2D eigenvalue weighted by Gasteiger charge is 2.13. The van der Waals surface area contributed by atoms with Gasteiger partial charge in [-0.15, -0.1) is 0 Å². The van der Waals surface area contributed by atoms with Crippen LogP contribution < -0.4 is 35.0 Å². The fourth-order valence-electron chi connectivity index (χ4n) is 1.25. The number of hydrogen-bond donors (Lipinski definition) is 2. The molecule has 1 amide bonds. The number of nitrogens with zero attached hydrogens (tertiary/aromatic N) is 1. The summed E-state index contributed by atoms with van der Waals surface area (Å²) in [7, 11) is 5.91. The molecule has 0 atom stereocenters. The van der Waals surface area contributed by atoms with Crippen LogP contribution in [0.1, 0.15) is 0 Å². The summed E-state index contributed by atoms with van der Waals surface area (Å²) in [5, 5.41) is 2.80. The van der Waals surface area contributed by atoms with Gasteiger partial charge in [0, 0.05) is 11.4 Å². The summed E-state index contributed by atoms with van der Waals surface area (Å²) in [5.41, 5.74) is 7.00. The van der Waals surface area contributed by atoms with E-state index in [9.17, 15) is 4.79 Å². The molecule has 4 nitrogen and oxygen atoms in total. The molecule has 0 spiro atoms. The summed E-state index contributed by atoms with van der Waals surface area (Å²) in [6, 6.07) is 7.17. The van der Waals surface area contributed by atoms with E-state index in [1.165, 1.54) is 0 Å². The minimum absolute atomic E-state index is 0. The number of anilines is 2. The van der Waals surface area contributed by atoms with Crippen molar-refractivity contribution in [3.8, 4) is 0 Å². The van der Waals surface area contributed by atoms with E-state index >= 15 is 0 Å². The summed E-state index contributed by atoms with van der Waals surface area (Å²) in [6.45, 7) is 0.439. The maximum absolute atomic E-state index is 11.6. The summed E-state index contributed by atoms with van der Waals surface area (Å²) in [4.78, 5) is 11.6. The first-order chi connectivity index (χ1) is 6.87. The average Bonchev–Trinajstić information content (AvgIpc) is 1.99. The Morgan fingerprint density at radius 2 is 2.00 bits per heavy atom. The number of nitrogen functional groups attached to an aromatic ring is 1. The predicted octanol–water partition coefficient (Wildman–Crippen LogP) is -2.08. The van der Waals surface area contributed by atoms with Crippen molar-refractivity contribution in [3.05, 3.63) is 24.3 Å². The van der Waals surface area contributed by atoms with E-state index in [1.807, 2.05) is 33.3 Å². The van der Waals surface area contributed by atoms with Gasteiger partial charge in [-0.05, 0) is 18.2 Å². The minimum Gasteiger partial charge on any atom is -1.00 e. The van der Waals surface area contributed by atoms with Crippen molar-refractivity contribution >= 4 is 17.3 Å². The Bertz CT molecular complexity index is 360. The zero-order chi connectivity index (χ0) is 11.5. The fourth-order valence-corrected chi connectivity index (χ4v) is 1.25. The Morgan fingerprint density at radius 3 is 2.50 bits per heavy atom. The summed E-state index contributed by atoms with van der Waals surface area (Å²) >= 11 is 0. The first-order valence-electron chi connectivity index (χ1n) is 4.83. The largest absolute Gasteiger partial charge is 1.00 e. The summed E-state index contributed by atoms with van der Waals surface area (Å²) in [5.74, 6) is -0.00639. The lowest BCUT2D eigenvalue weighted by atomic mass is 10.3. The van der Waals surface area contributed by atoms with Gasteiger partial charge in [0.1, 0.15) is 0 Å². The molecular weight excluding hydrogens is 317 g/mol. The maximum Gasteiger partial charge on any atom is 0.279 e. The van der Waals surface area contributed by atoms with Crippen LogP contribution in [0.25, 0.3) is 0 Å². The first-order valence-corrected chi connectivity index (χ1v) is 4.83. The lowest BCUT2D eigenvalue weighted by Crippen LogP contribution is -3.00. The molecule has 0 aliphatic carbocycles. The predicted molar refractivity (Wildman–Crippen MR) is 62.4 cm³/mol. The number of carbonyl (C=O) groups excluding carboxylic acids is 1. The molecule has 1 rings (SSSR count). The molecule has 3 N–H and O–H groups in total. The number of halogens is 1. The summed E-state index contributed by atoms with van der Waals surface area (Å²) in [6.07, 6.45) is 0. The van der Waals surface area contributed by atoms with E-state index in [1.54, 1.807) is 12.1 Å². The molecule has 90 valence electrons. The van der Waals surface area contributed by atoms with Crippen LogP contribution >= 0.6 is 0 Å². The number of nitrogens with two attached hydrogens (primary N) is 1. The van der Waals surface area contributed by atoms with Crippen LogP contribution in [0.15, 0.2) is 24.3 Å². The molecule has 0 saturated heterocycles. The SMILES string of the molecule is C[N+](C)(C)CC(=O)Nc1cccc(N)c1.[I-]. The van der Waals surface area contributed by atoms with Crippen LogP contribution in [0, 0.1) is 0 Å². The Morgan fingerprint density at radius 1 is 1.38 bits per heavy atom. The van der Waals surface area contributed by atoms with Crippen LogP contribution in [-0.2, 0) is 4.79 Å². The molecule has 0 aliphatic rings. The van der Waals surface area contributed by atoms with Crippen molar-refractivity contribution in [2.24, 2.45) is 0 Å². The molecule has 0 unspecified atom stereocenters. The lowest BCUT2D eigenvalue weighted by Gasteiger charge is -2.22. The monoisotopic (exact) mass is 335 g/mol. The van der Waals surface area contributed by atoms with E-state index in [2.05, 4.69) is 5.32 Å². The van der Waals surface area contributed by atoms with E-state index < -0.39 is 0 Å². The molecule has 0 fully saturated rings. The molecular formula is C11H18IN3O. The maximum atomic E-state index is 11.6. The van der Waals surface area contributed by atoms with Gasteiger partial charge in [-0.25, -0.2) is 0 Å². The van der Waals surface area contributed by atoms with Crippen molar-refractivity contribution in [2.75, 3.05) is 38.7 Å². The third-order valence-corrected chi connectivity index (χ3v) is 1.79. The smallest absolute Gasteiger partial charge is 0.279 e. The molecule has 0 saturated carbocycles. The third kappa shape index (κ3) is 5.92. The second-order valence-corrected chi connectivity index (χ2v) is 4.62. The zero-order valence-corrected chi connectivity index (χ0v) is 12.0. The molecule has 0 heterocycles. The van der Waals surface area contributed by atoms with Gasteiger partial charge in [-0.3, -0.25) is 4.79 Å². The molecule has 0 aromatic heterocycles. The number of quaternary nitrogens is 1. The van der Waals surface area contributed by atoms with Crippen LogP contribution in [0.2, 0.25) is 0 Å². The van der Waals surface area contributed by atoms with Gasteiger partial charge in [-0.2, -0.15) is 0 Å². The minimum atomic E-state index is -0.00639. The second-order valence-electron chi connectivity index (χ2n) is 4.62. The molecule has 0 radical (unpaired) electrons. The van der Waals surface area contributed by atoms with Crippen molar-refractivity contribution in [1.29, 1.82) is 0 Å². The van der Waals surface area contributed by atoms with Gasteiger partial charge < -0.3 is 39.5 Å². The lowest BCUT2D eigenvalue weighted by molar-refractivity contribution is -0.861. The molecule has 0 bridgehead atoms. The van der Waals surface area contributed by atoms with Gasteiger partial charge in [0.2, 0.25) is 0 Å². The van der Waals surface area contributed by atoms with Gasteiger partial charge in [0.05, 0.1) is 21.1 Å². The number of benzene rings is 1. The van der Waals surface area contributed by atoms with Crippen molar-refractivity contribution in [3.63, 3.8) is 0 Å². The number of hydrogen-bond acceptors (Lipinski definition) is 2. The van der Waals surface area contributed by atoms with Crippen molar-refractivity contribution in [2.45, 2.75) is 0 Å². The Labute approximate surface area is 113 Å². The van der Waals surface area contributed by atoms with E-state index in [0.29, 0.717) is 16.7 Å². The Balaban J connectivity index is 0.00000225. The van der Waals surface area contributed by atoms with Gasteiger partial charge in [0.25, 0.3) is 5.91 Å². The van der Waals surface area contributed by atoms with Gasteiger partial charge in [0.15, 0.2) is 6.54 Å². The number of rotatable bonds is 3. The van der Waals surface area contributed by atoms with Crippen molar-refractivity contribution < 1.29 is 33.3 Å². The number of carbonyl (C=O) groups is 1. The normalized spacial score (nSPS) is 10.4. The summed E-state index contributed by atoms with van der Waals surface area (Å²) < 4.78 is 0.605. The van der Waals surface area contributed by atoms with Crippen LogP contribution in [0.3, 0.4) is 0 Å². The van der Waals surface area contributed by atoms with Gasteiger partial charge >= 0.3 is 0 Å². The van der Waals surface area contributed by atoms with Crippen LogP contribution in [0.4, 0.5) is 11.4 Å². The van der Waals surface area contributed by atoms with E-state index in [0.717, 1.165) is 5.69 Å². The number of amides is 1. The molecule has 1 aromatic rings. The van der Waals surface area contributed by atoms with Gasteiger partial charge in [-0.1, -0.05) is 6.07 Å². The number of likely N-dealkylation sites (N-methyl/N-ethyl adjacent to an activating group) is 1. The first kappa shape index (κ1) is 15.2. The Kier molecular flexibility index (Phi) is 5.74. The van der Waals surface area contributed by atoms with Crippen LogP contribution in [-0.4, -0.2) is 38.1 Å². The molecule has 1 aromatic carbocycles. The standard InChI is InChI=1S/C11H17N3O.HI/c1-14(2,3)8-11(15)13-10-6-4-5-9(12)7-10;/h4-7H,8,12H2,1-3H3;1H. The highest BCUT2D eigenvalue weighted by molar-refractivity contribution is 5.92. The Hall–Kier alpha value is -0.820. The molecule has 0 aliphatic heterocycles. The fraction of sp³-hybridized carbons (Fsp3) is 0.364. The second kappa shape index (κ2) is 6.05. The van der Waals surface area contributed by atoms with E-state index in [4.69, 9.17) is 5.73 Å². The third-order valence-electron chi connectivity index (χ3n) is 1.79. The number of nitrogens with one attached hydrogen (secondary N) is 1. The quantitative estimate of drug-likeness (QED) is 0.378. The molecule has 5 heteroatoms.